The van der Waals surface area contributed by atoms with Gasteiger partial charge in [0.1, 0.15) is 6.23 Å². The average Bonchev–Trinajstić information content (AvgIpc) is 2.93. The zero-order chi connectivity index (χ0) is 18.6. The molecule has 25 heavy (non-hydrogen) atoms. The molecule has 1 aromatic heterocycles. The molecule has 1 saturated heterocycles. The predicted molar refractivity (Wildman–Crippen MR) is 90.9 cm³/mol. The van der Waals surface area contributed by atoms with E-state index in [9.17, 15) is 19.3 Å². The zero-order valence-electron chi connectivity index (χ0n) is 14.6. The Morgan fingerprint density at radius 2 is 2.00 bits per heavy atom. The monoisotopic (exact) mass is 376 g/mol. The second-order valence-electron chi connectivity index (χ2n) is 5.92. The molecule has 0 aliphatic carbocycles. The van der Waals surface area contributed by atoms with Gasteiger partial charge in [0.2, 0.25) is 0 Å². The van der Waals surface area contributed by atoms with Gasteiger partial charge in [-0.1, -0.05) is 0 Å². The molecule has 3 atom stereocenters. The van der Waals surface area contributed by atoms with Crippen molar-refractivity contribution in [3.63, 3.8) is 0 Å². The summed E-state index contributed by atoms with van der Waals surface area (Å²) < 4.78 is 30.4. The number of aryl methyl sites for hydroxylation is 1. The van der Waals surface area contributed by atoms with Crippen molar-refractivity contribution in [2.75, 3.05) is 26.0 Å². The smallest absolute Gasteiger partial charge is 0.331 e. The molecule has 9 nitrogen and oxygen atoms in total. The number of nitrogens with one attached hydrogen (secondary N) is 1. The highest BCUT2D eigenvalue weighted by molar-refractivity contribution is 7.53. The number of hydrogen-bond acceptors (Lipinski definition) is 7. The number of H-pyrrole nitrogens is 1. The third-order valence-corrected chi connectivity index (χ3v) is 6.33. The van der Waals surface area contributed by atoms with E-state index in [0.29, 0.717) is 12.0 Å². The number of aliphatic hydroxyl groups excluding tert-OH is 1. The summed E-state index contributed by atoms with van der Waals surface area (Å²) in [6.07, 6.45) is 0.599. The van der Waals surface area contributed by atoms with Crippen molar-refractivity contribution in [2.24, 2.45) is 5.92 Å². The van der Waals surface area contributed by atoms with Crippen LogP contribution in [0.15, 0.2) is 15.8 Å². The Kier molecular flexibility index (Phi) is 6.76. The minimum Gasteiger partial charge on any atom is -0.394 e. The highest BCUT2D eigenvalue weighted by atomic mass is 31.2. The Morgan fingerprint density at radius 3 is 2.56 bits per heavy atom. The molecule has 0 spiro atoms. The molecular formula is C15H25N2O7P. The van der Waals surface area contributed by atoms with Gasteiger partial charge in [-0.15, -0.1) is 0 Å². The molecule has 1 aliphatic heterocycles. The van der Waals surface area contributed by atoms with Crippen LogP contribution in [0.25, 0.3) is 0 Å². The van der Waals surface area contributed by atoms with Crippen LogP contribution in [0, 0.1) is 12.8 Å². The minimum absolute atomic E-state index is 0.0908. The van der Waals surface area contributed by atoms with E-state index in [1.165, 1.54) is 10.8 Å². The maximum Gasteiger partial charge on any atom is 0.331 e. The standard InChI is InChI=1S/C15H25N2O7P/c1-4-22-25(21,23-5-2)9-11-6-13(24-12(11)8-18)17-7-10(3)14(19)16-15(17)20/h7,11-13,18H,4-6,8-9H2,1-3H3,(H,16,19,20). The Labute approximate surface area is 145 Å². The lowest BCUT2D eigenvalue weighted by Crippen LogP contribution is -2.33. The average molecular weight is 376 g/mol. The third-order valence-electron chi connectivity index (χ3n) is 4.11. The van der Waals surface area contributed by atoms with E-state index in [2.05, 4.69) is 4.98 Å². The predicted octanol–water partition coefficient (Wildman–Crippen LogP) is 1.01. The number of hydrogen-bond donors (Lipinski definition) is 2. The minimum atomic E-state index is -3.30. The van der Waals surface area contributed by atoms with Gasteiger partial charge in [0, 0.05) is 17.7 Å². The van der Waals surface area contributed by atoms with Crippen molar-refractivity contribution >= 4 is 7.60 Å². The largest absolute Gasteiger partial charge is 0.394 e. The van der Waals surface area contributed by atoms with Gasteiger partial charge in [0.15, 0.2) is 0 Å². The van der Waals surface area contributed by atoms with Crippen LogP contribution >= 0.6 is 7.60 Å². The van der Waals surface area contributed by atoms with Crippen LogP contribution in [-0.4, -0.2) is 46.7 Å². The lowest BCUT2D eigenvalue weighted by Gasteiger charge is -2.22. The van der Waals surface area contributed by atoms with Crippen LogP contribution in [0.3, 0.4) is 0 Å². The number of nitrogens with zero attached hydrogens (tertiary/aromatic N) is 1. The number of aromatic amines is 1. The molecule has 1 aliphatic rings. The van der Waals surface area contributed by atoms with Crippen LogP contribution in [0.2, 0.25) is 0 Å². The lowest BCUT2D eigenvalue weighted by molar-refractivity contribution is -0.0315. The molecule has 10 heteroatoms. The first-order chi connectivity index (χ1) is 11.8. The fourth-order valence-corrected chi connectivity index (χ4v) is 5.00. The molecular weight excluding hydrogens is 351 g/mol. The van der Waals surface area contributed by atoms with Crippen molar-refractivity contribution in [2.45, 2.75) is 39.5 Å². The summed E-state index contributed by atoms with van der Waals surface area (Å²) >= 11 is 0. The maximum absolute atomic E-state index is 12.7. The van der Waals surface area contributed by atoms with Gasteiger partial charge in [-0.25, -0.2) is 4.79 Å². The van der Waals surface area contributed by atoms with Crippen LogP contribution < -0.4 is 11.2 Å². The second-order valence-corrected chi connectivity index (χ2v) is 8.02. The Morgan fingerprint density at radius 1 is 1.36 bits per heavy atom. The zero-order valence-corrected chi connectivity index (χ0v) is 15.5. The fourth-order valence-electron chi connectivity index (χ4n) is 2.97. The topological polar surface area (TPSA) is 120 Å². The molecule has 3 unspecified atom stereocenters. The molecule has 2 heterocycles. The second kappa shape index (κ2) is 8.42. The van der Waals surface area contributed by atoms with Gasteiger partial charge in [-0.05, 0) is 27.2 Å². The third kappa shape index (κ3) is 4.68. The summed E-state index contributed by atoms with van der Waals surface area (Å²) in [5.74, 6) is -0.307. The van der Waals surface area contributed by atoms with E-state index in [0.717, 1.165) is 0 Å². The van der Waals surface area contributed by atoms with Crippen LogP contribution in [0.5, 0.6) is 0 Å². The van der Waals surface area contributed by atoms with Gasteiger partial charge in [0.25, 0.3) is 5.56 Å². The summed E-state index contributed by atoms with van der Waals surface area (Å²) in [5.41, 5.74) is -0.663. The molecule has 142 valence electrons. The molecule has 0 radical (unpaired) electrons. The molecule has 0 bridgehead atoms. The van der Waals surface area contributed by atoms with Gasteiger partial charge in [-0.2, -0.15) is 0 Å². The first kappa shape index (κ1) is 20.1. The van der Waals surface area contributed by atoms with E-state index >= 15 is 0 Å². The summed E-state index contributed by atoms with van der Waals surface area (Å²) in [4.78, 5) is 25.8. The van der Waals surface area contributed by atoms with Crippen molar-refractivity contribution < 1.29 is 23.5 Å². The van der Waals surface area contributed by atoms with Gasteiger partial charge < -0.3 is 18.9 Å². The van der Waals surface area contributed by atoms with Gasteiger partial charge >= 0.3 is 13.3 Å². The normalized spacial score (nSPS) is 23.9. The lowest BCUT2D eigenvalue weighted by atomic mass is 10.0. The molecule has 1 aromatic rings. The number of rotatable bonds is 8. The van der Waals surface area contributed by atoms with Crippen molar-refractivity contribution in [1.82, 2.24) is 9.55 Å². The van der Waals surface area contributed by atoms with Crippen molar-refractivity contribution in [3.8, 4) is 0 Å². The number of aromatic nitrogens is 2. The van der Waals surface area contributed by atoms with E-state index in [-0.39, 0.29) is 31.9 Å². The summed E-state index contributed by atoms with van der Waals surface area (Å²) in [6.45, 7) is 5.25. The van der Waals surface area contributed by atoms with Crippen molar-refractivity contribution in [1.29, 1.82) is 0 Å². The number of ether oxygens (including phenoxy) is 1. The van der Waals surface area contributed by atoms with Crippen LogP contribution in [0.1, 0.15) is 32.1 Å². The highest BCUT2D eigenvalue weighted by Gasteiger charge is 2.41. The Balaban J connectivity index is 2.23. The highest BCUT2D eigenvalue weighted by Crippen LogP contribution is 2.52. The van der Waals surface area contributed by atoms with E-state index < -0.39 is 31.2 Å². The van der Waals surface area contributed by atoms with Crippen molar-refractivity contribution in [3.05, 3.63) is 32.6 Å². The molecule has 2 N–H and O–H groups in total. The molecule has 0 aromatic carbocycles. The molecule has 0 amide bonds. The summed E-state index contributed by atoms with van der Waals surface area (Å²) in [5, 5.41) is 9.58. The first-order valence-corrected chi connectivity index (χ1v) is 10.0. The number of aliphatic hydroxyl groups is 1. The summed E-state index contributed by atoms with van der Waals surface area (Å²) in [6, 6.07) is 0. The molecule has 1 fully saturated rings. The first-order valence-electron chi connectivity index (χ1n) is 8.30. The van der Waals surface area contributed by atoms with E-state index in [1.54, 1.807) is 20.8 Å². The fraction of sp³-hybridized carbons (Fsp3) is 0.733. The maximum atomic E-state index is 12.7. The van der Waals surface area contributed by atoms with Gasteiger partial charge in [-0.3, -0.25) is 18.9 Å². The summed E-state index contributed by atoms with van der Waals surface area (Å²) in [7, 11) is -3.30. The molecule has 2 rings (SSSR count). The SMILES string of the molecule is CCOP(=O)(CC1CC(n2cc(C)c(=O)[nH]c2=O)OC1CO)OCC. The Bertz CT molecular complexity index is 734. The molecule has 0 saturated carbocycles. The van der Waals surface area contributed by atoms with E-state index in [4.69, 9.17) is 13.8 Å². The van der Waals surface area contributed by atoms with Crippen LogP contribution in [0.4, 0.5) is 0 Å². The van der Waals surface area contributed by atoms with Crippen LogP contribution in [-0.2, 0) is 18.3 Å². The van der Waals surface area contributed by atoms with E-state index in [1.807, 2.05) is 0 Å². The quantitative estimate of drug-likeness (QED) is 0.650. The Hall–Kier alpha value is -1.25. The van der Waals surface area contributed by atoms with Gasteiger partial charge in [0.05, 0.1) is 32.1 Å².